The maximum Gasteiger partial charge on any atom is 0.132 e. The highest BCUT2D eigenvalue weighted by Crippen LogP contribution is 2.36. The van der Waals surface area contributed by atoms with E-state index in [4.69, 9.17) is 5.73 Å². The van der Waals surface area contributed by atoms with E-state index in [0.717, 1.165) is 29.2 Å². The fourth-order valence-corrected chi connectivity index (χ4v) is 3.88. The van der Waals surface area contributed by atoms with Crippen molar-refractivity contribution >= 4 is 16.5 Å². The van der Waals surface area contributed by atoms with Crippen molar-refractivity contribution in [2.45, 2.75) is 51.1 Å². The summed E-state index contributed by atoms with van der Waals surface area (Å²) in [6.45, 7) is 2.11. The molecule has 0 spiro atoms. The smallest absolute Gasteiger partial charge is 0.132 e. The molecule has 0 bridgehead atoms. The van der Waals surface area contributed by atoms with Crippen LogP contribution in [-0.4, -0.2) is 27.1 Å². The average Bonchev–Trinajstić information content (AvgIpc) is 2.76. The minimum atomic E-state index is 0.776. The Morgan fingerprint density at radius 2 is 2.06 bits per heavy atom. The highest BCUT2D eigenvalue weighted by Gasteiger charge is 2.33. The molecule has 2 atom stereocenters. The molecule has 1 aromatic heterocycles. The van der Waals surface area contributed by atoms with Gasteiger partial charge in [-0.1, -0.05) is 17.3 Å². The summed E-state index contributed by atoms with van der Waals surface area (Å²) in [7, 11) is 0. The second kappa shape index (κ2) is 4.90. The van der Waals surface area contributed by atoms with Crippen LogP contribution in [0.25, 0.3) is 0 Å². The van der Waals surface area contributed by atoms with E-state index < -0.39 is 0 Å². The van der Waals surface area contributed by atoms with Crippen molar-refractivity contribution in [2.75, 3.05) is 12.3 Å². The molecule has 0 aromatic carbocycles. The van der Waals surface area contributed by atoms with Gasteiger partial charge in [-0.25, -0.2) is 0 Å². The quantitative estimate of drug-likeness (QED) is 0.877. The molecule has 0 radical (unpaired) electrons. The summed E-state index contributed by atoms with van der Waals surface area (Å²) in [5.74, 6) is 0.922. The zero-order chi connectivity index (χ0) is 11.7. The Hall–Kier alpha value is -0.680. The number of likely N-dealkylation sites (tertiary alicyclic amines) is 1. The highest BCUT2D eigenvalue weighted by atomic mass is 32.1. The summed E-state index contributed by atoms with van der Waals surface area (Å²) >= 11 is 1.31. The number of rotatable bonds is 2. The van der Waals surface area contributed by atoms with Crippen LogP contribution in [0.5, 0.6) is 0 Å². The summed E-state index contributed by atoms with van der Waals surface area (Å²) < 4.78 is 3.93. The van der Waals surface area contributed by atoms with E-state index in [0.29, 0.717) is 0 Å². The van der Waals surface area contributed by atoms with E-state index in [1.165, 1.54) is 56.6 Å². The number of hydrogen-bond acceptors (Lipinski definition) is 5. The molecule has 5 heteroatoms. The van der Waals surface area contributed by atoms with E-state index in [1.54, 1.807) is 0 Å². The fourth-order valence-electron chi connectivity index (χ4n) is 3.44. The van der Waals surface area contributed by atoms with Gasteiger partial charge in [0.15, 0.2) is 0 Å². The van der Waals surface area contributed by atoms with Crippen LogP contribution in [0.1, 0.15) is 44.2 Å². The normalized spacial score (nSPS) is 30.1. The van der Waals surface area contributed by atoms with Gasteiger partial charge in [0.2, 0.25) is 0 Å². The predicted octanol–water partition coefficient (Wildman–Crippen LogP) is 2.27. The Balaban J connectivity index is 1.71. The van der Waals surface area contributed by atoms with Crippen molar-refractivity contribution in [1.29, 1.82) is 0 Å². The highest BCUT2D eigenvalue weighted by molar-refractivity contribution is 7.09. The third-order valence-corrected chi connectivity index (χ3v) is 4.89. The van der Waals surface area contributed by atoms with Gasteiger partial charge in [-0.2, -0.15) is 0 Å². The molecule has 2 N–H and O–H groups in total. The lowest BCUT2D eigenvalue weighted by Gasteiger charge is -2.43. The van der Waals surface area contributed by atoms with Gasteiger partial charge in [0, 0.05) is 24.1 Å². The van der Waals surface area contributed by atoms with Crippen LogP contribution in [0.2, 0.25) is 0 Å². The first-order valence-corrected chi connectivity index (χ1v) is 7.42. The average molecular weight is 252 g/mol. The second-order valence-electron chi connectivity index (χ2n) is 5.31. The van der Waals surface area contributed by atoms with Crippen LogP contribution in [0, 0.1) is 5.92 Å². The van der Waals surface area contributed by atoms with Gasteiger partial charge in [-0.05, 0) is 38.1 Å². The molecule has 3 rings (SSSR count). The van der Waals surface area contributed by atoms with Gasteiger partial charge in [0.25, 0.3) is 0 Å². The number of aromatic nitrogens is 2. The van der Waals surface area contributed by atoms with Gasteiger partial charge in [-0.3, -0.25) is 4.90 Å². The third kappa shape index (κ3) is 2.31. The molecule has 0 unspecified atom stereocenters. The van der Waals surface area contributed by atoms with Crippen molar-refractivity contribution < 1.29 is 0 Å². The zero-order valence-corrected chi connectivity index (χ0v) is 11.0. The Labute approximate surface area is 106 Å². The maximum absolute atomic E-state index is 5.89. The zero-order valence-electron chi connectivity index (χ0n) is 10.1. The first-order chi connectivity index (χ1) is 8.34. The molecule has 2 heterocycles. The first-order valence-electron chi connectivity index (χ1n) is 6.65. The number of nitrogens with zero attached hydrogens (tertiary/aromatic N) is 3. The molecule has 2 aliphatic rings. The topological polar surface area (TPSA) is 55.0 Å². The molecule has 1 aliphatic heterocycles. The molecule has 1 saturated carbocycles. The number of fused-ring (bicyclic) bond motifs is 1. The Bertz CT molecular complexity index is 376. The number of nitrogens with two attached hydrogens (primary N) is 1. The van der Waals surface area contributed by atoms with Crippen molar-refractivity contribution in [3.8, 4) is 0 Å². The molecule has 2 fully saturated rings. The van der Waals surface area contributed by atoms with E-state index in [9.17, 15) is 0 Å². The molecule has 1 saturated heterocycles. The van der Waals surface area contributed by atoms with Crippen LogP contribution < -0.4 is 5.73 Å². The third-order valence-electron chi connectivity index (χ3n) is 4.30. The minimum Gasteiger partial charge on any atom is -0.388 e. The Kier molecular flexibility index (Phi) is 3.29. The van der Waals surface area contributed by atoms with Crippen molar-refractivity contribution in [3.05, 3.63) is 5.69 Å². The molecule has 94 valence electrons. The van der Waals surface area contributed by atoms with Gasteiger partial charge >= 0.3 is 0 Å². The van der Waals surface area contributed by atoms with E-state index in [1.807, 2.05) is 0 Å². The number of nitrogen functional groups attached to an aromatic ring is 1. The Morgan fingerprint density at radius 3 is 2.88 bits per heavy atom. The van der Waals surface area contributed by atoms with Crippen LogP contribution in [0.3, 0.4) is 0 Å². The van der Waals surface area contributed by atoms with Gasteiger partial charge in [0.1, 0.15) is 10.7 Å². The molecular formula is C12H20N4S. The fraction of sp³-hybridized carbons (Fsp3) is 0.833. The van der Waals surface area contributed by atoms with E-state index >= 15 is 0 Å². The summed E-state index contributed by atoms with van der Waals surface area (Å²) in [5.41, 5.74) is 6.88. The first kappa shape index (κ1) is 11.4. The van der Waals surface area contributed by atoms with E-state index in [-0.39, 0.29) is 0 Å². The minimum absolute atomic E-state index is 0.776. The lowest BCUT2D eigenvalue weighted by atomic mass is 9.78. The van der Waals surface area contributed by atoms with Gasteiger partial charge < -0.3 is 5.73 Å². The van der Waals surface area contributed by atoms with Gasteiger partial charge in [0.05, 0.1) is 0 Å². The van der Waals surface area contributed by atoms with E-state index in [2.05, 4.69) is 14.5 Å². The number of hydrogen-bond donors (Lipinski definition) is 1. The largest absolute Gasteiger partial charge is 0.388 e. The monoisotopic (exact) mass is 252 g/mol. The lowest BCUT2D eigenvalue weighted by molar-refractivity contribution is 0.0539. The second-order valence-corrected chi connectivity index (χ2v) is 6.09. The number of piperidine rings is 1. The SMILES string of the molecule is Nc1snnc1CN1CCC[C@H]2CCCC[C@H]21. The van der Waals surface area contributed by atoms with Crippen LogP contribution in [0.4, 0.5) is 5.00 Å². The van der Waals surface area contributed by atoms with Gasteiger partial charge in [-0.15, -0.1) is 5.10 Å². The standard InChI is InChI=1S/C12H20N4S/c13-12-10(14-15-17-12)8-16-7-3-5-9-4-1-2-6-11(9)16/h9,11H,1-8,13H2/t9-,11-/m1/s1. The van der Waals surface area contributed by atoms with Crippen molar-refractivity contribution in [2.24, 2.45) is 5.92 Å². The number of anilines is 1. The summed E-state index contributed by atoms with van der Waals surface area (Å²) in [5, 5.41) is 4.94. The molecule has 1 aliphatic carbocycles. The van der Waals surface area contributed by atoms with Crippen molar-refractivity contribution in [3.63, 3.8) is 0 Å². The maximum atomic E-state index is 5.89. The summed E-state index contributed by atoms with van der Waals surface area (Å²) in [4.78, 5) is 2.60. The molecular weight excluding hydrogens is 232 g/mol. The van der Waals surface area contributed by atoms with Crippen LogP contribution in [0.15, 0.2) is 0 Å². The summed E-state index contributed by atoms with van der Waals surface area (Å²) in [6.07, 6.45) is 8.36. The van der Waals surface area contributed by atoms with Crippen LogP contribution >= 0.6 is 11.5 Å². The predicted molar refractivity (Wildman–Crippen MR) is 69.7 cm³/mol. The molecule has 0 amide bonds. The Morgan fingerprint density at radius 1 is 1.24 bits per heavy atom. The molecule has 1 aromatic rings. The summed E-state index contributed by atoms with van der Waals surface area (Å²) in [6, 6.07) is 0.776. The van der Waals surface area contributed by atoms with Crippen molar-refractivity contribution in [1.82, 2.24) is 14.5 Å². The molecule has 4 nitrogen and oxygen atoms in total. The lowest BCUT2D eigenvalue weighted by Crippen LogP contribution is -2.46. The van der Waals surface area contributed by atoms with Crippen LogP contribution in [-0.2, 0) is 6.54 Å². The molecule has 17 heavy (non-hydrogen) atoms.